The fourth-order valence-electron chi connectivity index (χ4n) is 3.10. The number of nitrogens with zero attached hydrogens (tertiary/aromatic N) is 4. The number of benzene rings is 1. The van der Waals surface area contributed by atoms with E-state index < -0.39 is 0 Å². The fourth-order valence-corrected chi connectivity index (χ4v) is 3.10. The number of nitriles is 1. The molecule has 1 aliphatic rings. The van der Waals surface area contributed by atoms with Gasteiger partial charge >= 0.3 is 0 Å². The van der Waals surface area contributed by atoms with Gasteiger partial charge in [0.1, 0.15) is 0 Å². The summed E-state index contributed by atoms with van der Waals surface area (Å²) in [5, 5.41) is 9.10. The van der Waals surface area contributed by atoms with Crippen LogP contribution in [0.2, 0.25) is 0 Å². The molecule has 0 spiro atoms. The van der Waals surface area contributed by atoms with Crippen molar-refractivity contribution in [2.24, 2.45) is 5.92 Å². The van der Waals surface area contributed by atoms with E-state index in [0.717, 1.165) is 29.8 Å². The summed E-state index contributed by atoms with van der Waals surface area (Å²) in [6.45, 7) is 5.09. The molecule has 1 saturated heterocycles. The van der Waals surface area contributed by atoms with E-state index in [-0.39, 0.29) is 11.8 Å². The van der Waals surface area contributed by atoms with Gasteiger partial charge in [-0.1, -0.05) is 12.1 Å². The number of carbonyl (C=O) groups excluding carboxylic acids is 1. The van der Waals surface area contributed by atoms with Crippen LogP contribution in [-0.4, -0.2) is 33.9 Å². The van der Waals surface area contributed by atoms with Gasteiger partial charge in [-0.15, -0.1) is 0 Å². The summed E-state index contributed by atoms with van der Waals surface area (Å²) in [6.07, 6.45) is 1.75. The van der Waals surface area contributed by atoms with Crippen LogP contribution in [0.25, 0.3) is 11.4 Å². The molecule has 1 atom stereocenters. The minimum atomic E-state index is -0.0614. The Labute approximate surface area is 142 Å². The van der Waals surface area contributed by atoms with Gasteiger partial charge in [0.2, 0.25) is 0 Å². The SMILES string of the molecule is Cc1cc(C)nc(-c2cccc(C(=O)N3CCC[C@H](C#N)C3)c2)n1. The normalized spacial score (nSPS) is 17.4. The Morgan fingerprint density at radius 1 is 1.25 bits per heavy atom. The van der Waals surface area contributed by atoms with Crippen LogP contribution in [-0.2, 0) is 0 Å². The molecular weight excluding hydrogens is 300 g/mol. The van der Waals surface area contributed by atoms with Crippen LogP contribution in [0, 0.1) is 31.1 Å². The summed E-state index contributed by atoms with van der Waals surface area (Å²) >= 11 is 0. The maximum atomic E-state index is 12.8. The molecule has 122 valence electrons. The van der Waals surface area contributed by atoms with E-state index in [9.17, 15) is 4.79 Å². The highest BCUT2D eigenvalue weighted by Crippen LogP contribution is 2.21. The van der Waals surface area contributed by atoms with Crippen LogP contribution in [0.5, 0.6) is 0 Å². The second-order valence-electron chi connectivity index (χ2n) is 6.27. The van der Waals surface area contributed by atoms with Crippen LogP contribution < -0.4 is 0 Å². The van der Waals surface area contributed by atoms with Gasteiger partial charge < -0.3 is 4.90 Å². The van der Waals surface area contributed by atoms with Crippen molar-refractivity contribution in [3.8, 4) is 17.5 Å². The number of carbonyl (C=O) groups is 1. The van der Waals surface area contributed by atoms with E-state index in [4.69, 9.17) is 5.26 Å². The Hall–Kier alpha value is -2.74. The first kappa shape index (κ1) is 16.1. The smallest absolute Gasteiger partial charge is 0.253 e. The van der Waals surface area contributed by atoms with Crippen molar-refractivity contribution < 1.29 is 4.79 Å². The summed E-state index contributed by atoms with van der Waals surface area (Å²) in [6, 6.07) is 11.6. The molecule has 5 nitrogen and oxygen atoms in total. The lowest BCUT2D eigenvalue weighted by molar-refractivity contribution is 0.0699. The van der Waals surface area contributed by atoms with E-state index in [1.165, 1.54) is 0 Å². The van der Waals surface area contributed by atoms with Crippen LogP contribution in [0.1, 0.15) is 34.6 Å². The second kappa shape index (κ2) is 6.79. The molecule has 0 radical (unpaired) electrons. The summed E-state index contributed by atoms with van der Waals surface area (Å²) < 4.78 is 0. The van der Waals surface area contributed by atoms with Crippen molar-refractivity contribution >= 4 is 5.91 Å². The molecule has 3 rings (SSSR count). The summed E-state index contributed by atoms with van der Waals surface area (Å²) in [7, 11) is 0. The summed E-state index contributed by atoms with van der Waals surface area (Å²) in [5.74, 6) is 0.547. The third kappa shape index (κ3) is 3.43. The number of aryl methyl sites for hydroxylation is 2. The molecule has 0 aliphatic carbocycles. The zero-order chi connectivity index (χ0) is 17.1. The quantitative estimate of drug-likeness (QED) is 0.852. The Balaban J connectivity index is 1.87. The minimum absolute atomic E-state index is 0.0267. The number of piperidine rings is 1. The largest absolute Gasteiger partial charge is 0.337 e. The molecule has 2 aromatic rings. The van der Waals surface area contributed by atoms with Crippen molar-refractivity contribution in [2.75, 3.05) is 13.1 Å². The number of amides is 1. The molecule has 1 aromatic heterocycles. The Morgan fingerprint density at radius 3 is 2.71 bits per heavy atom. The number of rotatable bonds is 2. The molecule has 24 heavy (non-hydrogen) atoms. The van der Waals surface area contributed by atoms with Crippen molar-refractivity contribution in [3.05, 3.63) is 47.3 Å². The van der Waals surface area contributed by atoms with E-state index in [2.05, 4.69) is 16.0 Å². The molecule has 1 aliphatic heterocycles. The predicted octanol–water partition coefficient (Wildman–Crippen LogP) is 3.14. The standard InChI is InChI=1S/C19H20N4O/c1-13-9-14(2)22-18(21-13)16-6-3-7-17(10-16)19(24)23-8-4-5-15(11-20)12-23/h3,6-7,9-10,15H,4-5,8,12H2,1-2H3/t15-/m1/s1. The maximum Gasteiger partial charge on any atom is 0.253 e. The van der Waals surface area contributed by atoms with Crippen LogP contribution in [0.3, 0.4) is 0 Å². The van der Waals surface area contributed by atoms with Crippen molar-refractivity contribution in [1.29, 1.82) is 5.26 Å². The third-order valence-corrected chi connectivity index (χ3v) is 4.24. The first-order valence-electron chi connectivity index (χ1n) is 8.18. The molecule has 1 amide bonds. The zero-order valence-corrected chi connectivity index (χ0v) is 14.0. The van der Waals surface area contributed by atoms with Crippen molar-refractivity contribution in [3.63, 3.8) is 0 Å². The van der Waals surface area contributed by atoms with Gasteiger partial charge in [0.15, 0.2) is 5.82 Å². The van der Waals surface area contributed by atoms with E-state index >= 15 is 0 Å². The first-order chi connectivity index (χ1) is 11.6. The average molecular weight is 320 g/mol. The molecule has 5 heteroatoms. The van der Waals surface area contributed by atoms with Gasteiger partial charge in [-0.2, -0.15) is 5.26 Å². The monoisotopic (exact) mass is 320 g/mol. The number of aromatic nitrogens is 2. The average Bonchev–Trinajstić information content (AvgIpc) is 2.60. The van der Waals surface area contributed by atoms with Crippen molar-refractivity contribution in [2.45, 2.75) is 26.7 Å². The Bertz CT molecular complexity index is 789. The highest BCUT2D eigenvalue weighted by molar-refractivity contribution is 5.95. The predicted molar refractivity (Wildman–Crippen MR) is 91.2 cm³/mol. The highest BCUT2D eigenvalue weighted by atomic mass is 16.2. The molecule has 1 aromatic carbocycles. The lowest BCUT2D eigenvalue weighted by Crippen LogP contribution is -2.39. The number of hydrogen-bond donors (Lipinski definition) is 0. The van der Waals surface area contributed by atoms with Gasteiger partial charge in [-0.05, 0) is 44.9 Å². The third-order valence-electron chi connectivity index (χ3n) is 4.24. The molecule has 0 saturated carbocycles. The Kier molecular flexibility index (Phi) is 4.57. The van der Waals surface area contributed by atoms with E-state index in [1.54, 1.807) is 4.90 Å². The minimum Gasteiger partial charge on any atom is -0.337 e. The van der Waals surface area contributed by atoms with Gasteiger partial charge in [0.25, 0.3) is 5.91 Å². The lowest BCUT2D eigenvalue weighted by Gasteiger charge is -2.29. The summed E-state index contributed by atoms with van der Waals surface area (Å²) in [5.41, 5.74) is 3.26. The van der Waals surface area contributed by atoms with Gasteiger partial charge in [0, 0.05) is 35.6 Å². The molecule has 0 N–H and O–H groups in total. The zero-order valence-electron chi connectivity index (χ0n) is 14.0. The number of likely N-dealkylation sites (tertiary alicyclic amines) is 1. The molecular formula is C19H20N4O. The highest BCUT2D eigenvalue weighted by Gasteiger charge is 2.24. The van der Waals surface area contributed by atoms with Crippen LogP contribution in [0.4, 0.5) is 0 Å². The lowest BCUT2D eigenvalue weighted by atomic mass is 9.98. The van der Waals surface area contributed by atoms with Crippen molar-refractivity contribution in [1.82, 2.24) is 14.9 Å². The van der Waals surface area contributed by atoms with Gasteiger partial charge in [0.05, 0.1) is 12.0 Å². The summed E-state index contributed by atoms with van der Waals surface area (Å²) in [4.78, 5) is 23.5. The Morgan fingerprint density at radius 2 is 2.00 bits per heavy atom. The van der Waals surface area contributed by atoms with Crippen LogP contribution >= 0.6 is 0 Å². The molecule has 1 fully saturated rings. The van der Waals surface area contributed by atoms with Gasteiger partial charge in [-0.3, -0.25) is 4.79 Å². The maximum absolute atomic E-state index is 12.8. The topological polar surface area (TPSA) is 69.9 Å². The molecule has 0 unspecified atom stereocenters. The van der Waals surface area contributed by atoms with E-state index in [0.29, 0.717) is 24.5 Å². The van der Waals surface area contributed by atoms with Gasteiger partial charge in [-0.25, -0.2) is 9.97 Å². The first-order valence-corrected chi connectivity index (χ1v) is 8.18. The molecule has 2 heterocycles. The van der Waals surface area contributed by atoms with Crippen LogP contribution in [0.15, 0.2) is 30.3 Å². The molecule has 0 bridgehead atoms. The van der Waals surface area contributed by atoms with E-state index in [1.807, 2.05) is 44.2 Å². The second-order valence-corrected chi connectivity index (χ2v) is 6.27. The fraction of sp³-hybridized carbons (Fsp3) is 0.368. The number of hydrogen-bond acceptors (Lipinski definition) is 4.